The van der Waals surface area contributed by atoms with E-state index in [1.54, 1.807) is 54.6 Å². The van der Waals surface area contributed by atoms with Gasteiger partial charge in [-0.1, -0.05) is 57.2 Å². The molecule has 0 aliphatic carbocycles. The summed E-state index contributed by atoms with van der Waals surface area (Å²) < 4.78 is 0. The first-order chi connectivity index (χ1) is 15.6. The minimum Gasteiger partial charge on any atom is -0.481 e. The Morgan fingerprint density at radius 1 is 0.818 bits per heavy atom. The number of nitrogens with one attached hydrogen (secondary N) is 2. The summed E-state index contributed by atoms with van der Waals surface area (Å²) in [4.78, 5) is 36.5. The summed E-state index contributed by atoms with van der Waals surface area (Å²) in [5, 5.41) is 14.5. The number of para-hydroxylation sites is 1. The largest absolute Gasteiger partial charge is 0.481 e. The van der Waals surface area contributed by atoms with Crippen molar-refractivity contribution in [3.63, 3.8) is 0 Å². The van der Waals surface area contributed by atoms with Gasteiger partial charge in [0.15, 0.2) is 0 Å². The van der Waals surface area contributed by atoms with Gasteiger partial charge in [-0.05, 0) is 59.4 Å². The molecule has 6 nitrogen and oxygen atoms in total. The van der Waals surface area contributed by atoms with Crippen LogP contribution in [0.5, 0.6) is 0 Å². The van der Waals surface area contributed by atoms with Crippen LogP contribution in [-0.4, -0.2) is 22.9 Å². The number of carbonyl (C=O) groups is 3. The van der Waals surface area contributed by atoms with Crippen molar-refractivity contribution >= 4 is 29.2 Å². The average Bonchev–Trinajstić information content (AvgIpc) is 2.78. The van der Waals surface area contributed by atoms with Gasteiger partial charge in [0.1, 0.15) is 0 Å². The highest BCUT2D eigenvalue weighted by Crippen LogP contribution is 2.23. The lowest BCUT2D eigenvalue weighted by Gasteiger charge is -2.19. The number of anilines is 2. The molecule has 3 aromatic rings. The number of hydrogen-bond acceptors (Lipinski definition) is 3. The maximum atomic E-state index is 12.9. The number of carbonyl (C=O) groups excluding carboxylic acids is 2. The zero-order valence-corrected chi connectivity index (χ0v) is 19.0. The van der Waals surface area contributed by atoms with Crippen molar-refractivity contribution in [1.82, 2.24) is 0 Å². The lowest BCUT2D eigenvalue weighted by atomic mass is 9.86. The number of aliphatic carboxylic acids is 1. The number of carboxylic acid groups (broad SMARTS) is 1. The number of benzene rings is 3. The maximum Gasteiger partial charge on any atom is 0.303 e. The molecule has 0 bridgehead atoms. The number of hydrogen-bond donors (Lipinski definition) is 3. The van der Waals surface area contributed by atoms with Crippen LogP contribution in [0.15, 0.2) is 72.8 Å². The summed E-state index contributed by atoms with van der Waals surface area (Å²) in [5.74, 6) is -1.54. The molecule has 2 amide bonds. The fourth-order valence-electron chi connectivity index (χ4n) is 3.36. The molecule has 3 rings (SSSR count). The topological polar surface area (TPSA) is 95.5 Å². The molecule has 33 heavy (non-hydrogen) atoms. The maximum absolute atomic E-state index is 12.9. The molecule has 0 aromatic heterocycles. The van der Waals surface area contributed by atoms with E-state index in [4.69, 9.17) is 5.11 Å². The lowest BCUT2D eigenvalue weighted by molar-refractivity contribution is -0.136. The van der Waals surface area contributed by atoms with Crippen LogP contribution in [0.1, 0.15) is 59.0 Å². The molecule has 0 heterocycles. The van der Waals surface area contributed by atoms with Crippen LogP contribution in [0, 0.1) is 0 Å². The average molecular weight is 445 g/mol. The van der Waals surface area contributed by atoms with E-state index in [1.807, 2.05) is 18.2 Å². The summed E-state index contributed by atoms with van der Waals surface area (Å²) in [6, 6.07) is 21.3. The first kappa shape index (κ1) is 23.7. The minimum absolute atomic E-state index is 0.00930. The van der Waals surface area contributed by atoms with Gasteiger partial charge in [-0.15, -0.1) is 0 Å². The predicted octanol–water partition coefficient (Wildman–Crippen LogP) is 5.51. The SMILES string of the molecule is CC(C)(C)c1ccc(C(=O)Nc2ccccc2C(=O)Nc2cccc(CCC(=O)O)c2)cc1. The molecule has 0 radical (unpaired) electrons. The Bertz CT molecular complexity index is 1160. The van der Waals surface area contributed by atoms with Crippen molar-refractivity contribution in [3.8, 4) is 0 Å². The second kappa shape index (κ2) is 10.1. The first-order valence-corrected chi connectivity index (χ1v) is 10.8. The molecule has 0 atom stereocenters. The van der Waals surface area contributed by atoms with Gasteiger partial charge in [-0.25, -0.2) is 0 Å². The summed E-state index contributed by atoms with van der Waals surface area (Å²) in [7, 11) is 0. The van der Waals surface area contributed by atoms with Gasteiger partial charge in [0.25, 0.3) is 11.8 Å². The Morgan fingerprint density at radius 2 is 1.52 bits per heavy atom. The standard InChI is InChI=1S/C27H28N2O4/c1-27(2,3)20-14-12-19(13-15-20)25(32)29-23-10-5-4-9-22(23)26(33)28-21-8-6-7-18(17-21)11-16-24(30)31/h4-10,12-15,17H,11,16H2,1-3H3,(H,28,33)(H,29,32)(H,30,31). The van der Waals surface area contributed by atoms with E-state index in [1.165, 1.54) is 0 Å². The number of aryl methyl sites for hydroxylation is 1. The van der Waals surface area contributed by atoms with E-state index in [2.05, 4.69) is 31.4 Å². The molecule has 6 heteroatoms. The third kappa shape index (κ3) is 6.53. The van der Waals surface area contributed by atoms with Crippen molar-refractivity contribution in [2.45, 2.75) is 39.0 Å². The molecule has 0 saturated carbocycles. The van der Waals surface area contributed by atoms with E-state index >= 15 is 0 Å². The molecule has 0 saturated heterocycles. The van der Waals surface area contributed by atoms with Gasteiger partial charge < -0.3 is 15.7 Å². The van der Waals surface area contributed by atoms with Crippen LogP contribution in [-0.2, 0) is 16.6 Å². The van der Waals surface area contributed by atoms with Crippen molar-refractivity contribution in [2.75, 3.05) is 10.6 Å². The Balaban J connectivity index is 1.73. The van der Waals surface area contributed by atoms with Crippen LogP contribution in [0.4, 0.5) is 11.4 Å². The van der Waals surface area contributed by atoms with Gasteiger partial charge >= 0.3 is 5.97 Å². The fraction of sp³-hybridized carbons (Fsp3) is 0.222. The summed E-state index contributed by atoms with van der Waals surface area (Å²) >= 11 is 0. The Morgan fingerprint density at radius 3 is 2.18 bits per heavy atom. The van der Waals surface area contributed by atoms with E-state index in [0.29, 0.717) is 28.9 Å². The molecule has 0 spiro atoms. The minimum atomic E-state index is -0.873. The van der Waals surface area contributed by atoms with Crippen LogP contribution in [0.3, 0.4) is 0 Å². The highest BCUT2D eigenvalue weighted by atomic mass is 16.4. The van der Waals surface area contributed by atoms with Crippen molar-refractivity contribution in [3.05, 3.63) is 95.1 Å². The van der Waals surface area contributed by atoms with Crippen LogP contribution < -0.4 is 10.6 Å². The zero-order valence-electron chi connectivity index (χ0n) is 19.0. The molecule has 0 fully saturated rings. The second-order valence-electron chi connectivity index (χ2n) is 8.88. The van der Waals surface area contributed by atoms with Crippen LogP contribution in [0.2, 0.25) is 0 Å². The molecular formula is C27H28N2O4. The molecule has 170 valence electrons. The van der Waals surface area contributed by atoms with Crippen LogP contribution in [0.25, 0.3) is 0 Å². The Hall–Kier alpha value is -3.93. The van der Waals surface area contributed by atoms with Gasteiger partial charge in [-0.2, -0.15) is 0 Å². The Labute approximate surface area is 193 Å². The fourth-order valence-corrected chi connectivity index (χ4v) is 3.36. The number of amides is 2. The predicted molar refractivity (Wildman–Crippen MR) is 130 cm³/mol. The highest BCUT2D eigenvalue weighted by molar-refractivity contribution is 6.12. The van der Waals surface area contributed by atoms with E-state index in [9.17, 15) is 14.4 Å². The molecular weight excluding hydrogens is 416 g/mol. The van der Waals surface area contributed by atoms with Crippen molar-refractivity contribution in [1.29, 1.82) is 0 Å². The number of carboxylic acids is 1. The normalized spacial score (nSPS) is 11.0. The number of rotatable bonds is 7. The van der Waals surface area contributed by atoms with E-state index in [-0.39, 0.29) is 23.7 Å². The molecule has 0 aliphatic heterocycles. The molecule has 3 N–H and O–H groups in total. The van der Waals surface area contributed by atoms with Crippen molar-refractivity contribution < 1.29 is 19.5 Å². The highest BCUT2D eigenvalue weighted by Gasteiger charge is 2.17. The lowest BCUT2D eigenvalue weighted by Crippen LogP contribution is -2.18. The summed E-state index contributed by atoms with van der Waals surface area (Å²) in [6.45, 7) is 6.33. The third-order valence-corrected chi connectivity index (χ3v) is 5.25. The summed E-state index contributed by atoms with van der Waals surface area (Å²) in [6.07, 6.45) is 0.392. The molecule has 0 aliphatic rings. The van der Waals surface area contributed by atoms with Gasteiger partial charge in [-0.3, -0.25) is 14.4 Å². The second-order valence-corrected chi connectivity index (χ2v) is 8.88. The van der Waals surface area contributed by atoms with Gasteiger partial charge in [0.05, 0.1) is 11.3 Å². The smallest absolute Gasteiger partial charge is 0.303 e. The first-order valence-electron chi connectivity index (χ1n) is 10.8. The Kier molecular flexibility index (Phi) is 7.28. The molecule has 3 aromatic carbocycles. The zero-order chi connectivity index (χ0) is 24.0. The van der Waals surface area contributed by atoms with Crippen LogP contribution >= 0.6 is 0 Å². The third-order valence-electron chi connectivity index (χ3n) is 5.25. The van der Waals surface area contributed by atoms with Gasteiger partial charge in [0, 0.05) is 17.7 Å². The molecule has 0 unspecified atom stereocenters. The van der Waals surface area contributed by atoms with Gasteiger partial charge in [0.2, 0.25) is 0 Å². The van der Waals surface area contributed by atoms with E-state index < -0.39 is 5.97 Å². The monoisotopic (exact) mass is 444 g/mol. The van der Waals surface area contributed by atoms with E-state index in [0.717, 1.165) is 11.1 Å². The van der Waals surface area contributed by atoms with Crippen molar-refractivity contribution in [2.24, 2.45) is 0 Å². The summed E-state index contributed by atoms with van der Waals surface area (Å²) in [5.41, 5.74) is 3.73. The quantitative estimate of drug-likeness (QED) is 0.448.